The molecule has 0 saturated heterocycles. The Morgan fingerprint density at radius 3 is 2.57 bits per heavy atom. The van der Waals surface area contributed by atoms with Crippen LogP contribution in [0.2, 0.25) is 0 Å². The number of thioether (sulfide) groups is 1. The molecule has 0 aliphatic rings. The summed E-state index contributed by atoms with van der Waals surface area (Å²) in [6.07, 6.45) is 0.928. The van der Waals surface area contributed by atoms with Gasteiger partial charge in [-0.3, -0.25) is 9.59 Å². The van der Waals surface area contributed by atoms with E-state index in [2.05, 4.69) is 5.32 Å². The molecule has 0 unspecified atom stereocenters. The summed E-state index contributed by atoms with van der Waals surface area (Å²) in [5.41, 5.74) is 0. The second-order valence-electron chi connectivity index (χ2n) is 4.22. The molecule has 0 spiro atoms. The zero-order chi connectivity index (χ0) is 15.5. The average Bonchev–Trinajstić information content (AvgIpc) is 2.50. The molecule has 116 valence electrons. The Morgan fingerprint density at radius 1 is 1.24 bits per heavy atom. The first-order chi connectivity index (χ1) is 10.2. The van der Waals surface area contributed by atoms with Gasteiger partial charge in [-0.15, -0.1) is 11.8 Å². The number of carbonyl (C=O) groups excluding carboxylic acids is 2. The fourth-order valence-electron chi connectivity index (χ4n) is 1.57. The third-order valence-electron chi connectivity index (χ3n) is 2.61. The van der Waals surface area contributed by atoms with Gasteiger partial charge in [-0.05, 0) is 37.6 Å². The quantitative estimate of drug-likeness (QED) is 0.430. The summed E-state index contributed by atoms with van der Waals surface area (Å²) in [7, 11) is 1.62. The molecule has 1 aromatic rings. The van der Waals surface area contributed by atoms with Crippen LogP contribution in [0.5, 0.6) is 5.75 Å². The van der Waals surface area contributed by atoms with Crippen molar-refractivity contribution in [2.24, 2.45) is 0 Å². The molecular weight excluding hydrogens is 290 g/mol. The van der Waals surface area contributed by atoms with Gasteiger partial charge in [0.2, 0.25) is 5.91 Å². The van der Waals surface area contributed by atoms with Crippen LogP contribution in [0.25, 0.3) is 0 Å². The van der Waals surface area contributed by atoms with Crippen molar-refractivity contribution in [3.05, 3.63) is 24.3 Å². The Balaban J connectivity index is 2.14. The van der Waals surface area contributed by atoms with Crippen molar-refractivity contribution in [2.75, 3.05) is 26.0 Å². The maximum atomic E-state index is 11.6. The molecule has 0 aromatic heterocycles. The van der Waals surface area contributed by atoms with Gasteiger partial charge in [0.05, 0.1) is 19.5 Å². The second kappa shape index (κ2) is 10.1. The van der Waals surface area contributed by atoms with Crippen molar-refractivity contribution in [1.29, 1.82) is 0 Å². The molecule has 0 aliphatic carbocycles. The molecule has 0 heterocycles. The maximum Gasteiger partial charge on any atom is 0.305 e. The number of hydrogen-bond donors (Lipinski definition) is 1. The Kier molecular flexibility index (Phi) is 8.35. The number of methoxy groups -OCH3 is 1. The lowest BCUT2D eigenvalue weighted by Crippen LogP contribution is -2.26. The standard InChI is InChI=1S/C15H21NO4S/c1-3-20-15(18)5-4-10-16-14(17)11-21-13-8-6-12(19-2)7-9-13/h6-9H,3-5,10-11H2,1-2H3,(H,16,17). The molecule has 1 N–H and O–H groups in total. The Hall–Kier alpha value is -1.69. The normalized spacial score (nSPS) is 10.0. The van der Waals surface area contributed by atoms with Gasteiger partial charge >= 0.3 is 5.97 Å². The first-order valence-electron chi connectivity index (χ1n) is 6.85. The van der Waals surface area contributed by atoms with Gasteiger partial charge in [-0.25, -0.2) is 0 Å². The zero-order valence-corrected chi connectivity index (χ0v) is 13.2. The number of hydrogen-bond acceptors (Lipinski definition) is 5. The summed E-state index contributed by atoms with van der Waals surface area (Å²) in [6.45, 7) is 2.65. The van der Waals surface area contributed by atoms with E-state index >= 15 is 0 Å². The predicted molar refractivity (Wildman–Crippen MR) is 82.6 cm³/mol. The highest BCUT2D eigenvalue weighted by Crippen LogP contribution is 2.20. The summed E-state index contributed by atoms with van der Waals surface area (Å²) in [6, 6.07) is 7.55. The van der Waals surface area contributed by atoms with Gasteiger partial charge in [-0.1, -0.05) is 0 Å². The first-order valence-corrected chi connectivity index (χ1v) is 7.83. The van der Waals surface area contributed by atoms with Crippen LogP contribution in [0.15, 0.2) is 29.2 Å². The summed E-state index contributed by atoms with van der Waals surface area (Å²) >= 11 is 1.46. The van der Waals surface area contributed by atoms with Crippen molar-refractivity contribution >= 4 is 23.6 Å². The highest BCUT2D eigenvalue weighted by Gasteiger charge is 2.04. The SMILES string of the molecule is CCOC(=O)CCCNC(=O)CSc1ccc(OC)cc1. The molecule has 21 heavy (non-hydrogen) atoms. The van der Waals surface area contributed by atoms with Crippen LogP contribution in [0, 0.1) is 0 Å². The van der Waals surface area contributed by atoms with Crippen LogP contribution in [0.4, 0.5) is 0 Å². The molecule has 0 radical (unpaired) electrons. The van der Waals surface area contributed by atoms with Crippen molar-refractivity contribution in [3.63, 3.8) is 0 Å². The van der Waals surface area contributed by atoms with Crippen molar-refractivity contribution in [2.45, 2.75) is 24.7 Å². The number of nitrogens with one attached hydrogen (secondary N) is 1. The van der Waals surface area contributed by atoms with Crippen molar-refractivity contribution in [1.82, 2.24) is 5.32 Å². The van der Waals surface area contributed by atoms with E-state index in [-0.39, 0.29) is 11.9 Å². The minimum Gasteiger partial charge on any atom is -0.497 e. The van der Waals surface area contributed by atoms with E-state index in [4.69, 9.17) is 9.47 Å². The fourth-order valence-corrected chi connectivity index (χ4v) is 2.29. The lowest BCUT2D eigenvalue weighted by molar-refractivity contribution is -0.143. The lowest BCUT2D eigenvalue weighted by atomic mass is 10.3. The Morgan fingerprint density at radius 2 is 1.95 bits per heavy atom. The minimum absolute atomic E-state index is 0.0420. The summed E-state index contributed by atoms with van der Waals surface area (Å²) in [4.78, 5) is 23.8. The molecule has 0 atom stereocenters. The third-order valence-corrected chi connectivity index (χ3v) is 3.63. The highest BCUT2D eigenvalue weighted by molar-refractivity contribution is 8.00. The maximum absolute atomic E-state index is 11.6. The molecular formula is C15H21NO4S. The fraction of sp³-hybridized carbons (Fsp3) is 0.467. The molecule has 0 aliphatic heterocycles. The van der Waals surface area contributed by atoms with Crippen LogP contribution >= 0.6 is 11.8 Å². The summed E-state index contributed by atoms with van der Waals surface area (Å²) in [5, 5.41) is 2.78. The zero-order valence-electron chi connectivity index (χ0n) is 12.4. The van der Waals surface area contributed by atoms with Gasteiger partial charge in [0, 0.05) is 17.9 Å². The lowest BCUT2D eigenvalue weighted by Gasteiger charge is -2.06. The van der Waals surface area contributed by atoms with Gasteiger partial charge < -0.3 is 14.8 Å². The average molecular weight is 311 g/mol. The molecule has 5 nitrogen and oxygen atoms in total. The molecule has 0 saturated carbocycles. The van der Waals surface area contributed by atoms with Gasteiger partial charge in [0.15, 0.2) is 0 Å². The molecule has 0 bridgehead atoms. The molecule has 1 rings (SSSR count). The van der Waals surface area contributed by atoms with Crippen LogP contribution in [-0.2, 0) is 14.3 Å². The number of ether oxygens (including phenoxy) is 2. The highest BCUT2D eigenvalue weighted by atomic mass is 32.2. The molecule has 6 heteroatoms. The molecule has 1 aromatic carbocycles. The Labute approximate surface area is 129 Å². The van der Waals surface area contributed by atoms with Gasteiger partial charge in [0.25, 0.3) is 0 Å². The van der Waals surface area contributed by atoms with E-state index in [9.17, 15) is 9.59 Å². The predicted octanol–water partition coefficient (Wildman–Crippen LogP) is 2.25. The number of rotatable bonds is 9. The minimum atomic E-state index is -0.223. The molecule has 0 fully saturated rings. The van der Waals surface area contributed by atoms with E-state index in [1.54, 1.807) is 14.0 Å². The van der Waals surface area contributed by atoms with E-state index < -0.39 is 0 Å². The number of carbonyl (C=O) groups is 2. The summed E-state index contributed by atoms with van der Waals surface area (Å²) < 4.78 is 9.88. The van der Waals surface area contributed by atoms with Crippen LogP contribution in [-0.4, -0.2) is 37.9 Å². The van der Waals surface area contributed by atoms with E-state index in [1.165, 1.54) is 11.8 Å². The van der Waals surface area contributed by atoms with Crippen molar-refractivity contribution in [3.8, 4) is 5.75 Å². The van der Waals surface area contributed by atoms with Crippen molar-refractivity contribution < 1.29 is 19.1 Å². The van der Waals surface area contributed by atoms with Crippen LogP contribution < -0.4 is 10.1 Å². The van der Waals surface area contributed by atoms with E-state index in [1.807, 2.05) is 24.3 Å². The van der Waals surface area contributed by atoms with E-state index in [0.29, 0.717) is 31.7 Å². The second-order valence-corrected chi connectivity index (χ2v) is 5.27. The number of amides is 1. The smallest absolute Gasteiger partial charge is 0.305 e. The molecule has 1 amide bonds. The van der Waals surface area contributed by atoms with Crippen LogP contribution in [0.1, 0.15) is 19.8 Å². The van der Waals surface area contributed by atoms with Gasteiger partial charge in [0.1, 0.15) is 5.75 Å². The van der Waals surface area contributed by atoms with E-state index in [0.717, 1.165) is 10.6 Å². The number of esters is 1. The van der Waals surface area contributed by atoms with Gasteiger partial charge in [-0.2, -0.15) is 0 Å². The number of benzene rings is 1. The Bertz CT molecular complexity index is 447. The third kappa shape index (κ3) is 7.60. The summed E-state index contributed by atoms with van der Waals surface area (Å²) in [5.74, 6) is 0.882. The van der Waals surface area contributed by atoms with Crippen LogP contribution in [0.3, 0.4) is 0 Å². The largest absolute Gasteiger partial charge is 0.497 e. The monoisotopic (exact) mass is 311 g/mol. The topological polar surface area (TPSA) is 64.6 Å². The first kappa shape index (κ1) is 17.4.